The predicted molar refractivity (Wildman–Crippen MR) is 126 cm³/mol. The van der Waals surface area contributed by atoms with Crippen molar-refractivity contribution in [2.75, 3.05) is 32.6 Å². The van der Waals surface area contributed by atoms with Crippen LogP contribution < -0.4 is 20.7 Å². The van der Waals surface area contributed by atoms with E-state index in [0.717, 1.165) is 12.2 Å². The Labute approximate surface area is 188 Å². The molecule has 2 aromatic carbocycles. The molecule has 0 aromatic heterocycles. The number of carbonyl (C=O) groups excluding carboxylic acids is 1. The molecule has 8 heteroatoms. The molecule has 0 heterocycles. The smallest absolute Gasteiger partial charge is 0.243 e. The molecular formula is C21H28FIN4O2. The van der Waals surface area contributed by atoms with Gasteiger partial charge in [-0.15, -0.1) is 24.0 Å². The number of anilines is 1. The first-order valence-corrected chi connectivity index (χ1v) is 9.15. The summed E-state index contributed by atoms with van der Waals surface area (Å²) < 4.78 is 18.3. The van der Waals surface area contributed by atoms with Crippen LogP contribution in [-0.2, 0) is 4.79 Å². The molecular weight excluding hydrogens is 486 g/mol. The molecule has 0 aliphatic carbocycles. The van der Waals surface area contributed by atoms with Crippen molar-refractivity contribution in [2.45, 2.75) is 19.3 Å². The molecule has 1 unspecified atom stereocenters. The van der Waals surface area contributed by atoms with Crippen LogP contribution in [0.2, 0.25) is 0 Å². The summed E-state index contributed by atoms with van der Waals surface area (Å²) >= 11 is 0. The van der Waals surface area contributed by atoms with Gasteiger partial charge in [-0.25, -0.2) is 4.39 Å². The molecule has 0 saturated heterocycles. The number of halogens is 2. The van der Waals surface area contributed by atoms with Crippen molar-refractivity contribution < 1.29 is 13.9 Å². The van der Waals surface area contributed by atoms with Crippen molar-refractivity contribution in [1.29, 1.82) is 0 Å². The number of ether oxygens (including phenoxy) is 1. The minimum absolute atomic E-state index is 0. The summed E-state index contributed by atoms with van der Waals surface area (Å²) in [5, 5.41) is 8.78. The molecule has 3 N–H and O–H groups in total. The number of rotatable bonds is 8. The maximum Gasteiger partial charge on any atom is 0.243 e. The molecule has 0 aliphatic rings. The van der Waals surface area contributed by atoms with Gasteiger partial charge in [0, 0.05) is 19.3 Å². The molecule has 1 atom stereocenters. The van der Waals surface area contributed by atoms with Crippen molar-refractivity contribution in [2.24, 2.45) is 4.99 Å². The Bertz CT molecular complexity index is 800. The van der Waals surface area contributed by atoms with Gasteiger partial charge in [0.15, 0.2) is 5.96 Å². The molecule has 6 nitrogen and oxygen atoms in total. The largest absolute Gasteiger partial charge is 0.497 e. The Kier molecular flexibility index (Phi) is 11.0. The molecule has 1 amide bonds. The summed E-state index contributed by atoms with van der Waals surface area (Å²) in [6.07, 6.45) is 0.905. The third-order valence-electron chi connectivity index (χ3n) is 4.30. The number of nitrogens with one attached hydrogen (secondary N) is 3. The van der Waals surface area contributed by atoms with Gasteiger partial charge in [-0.2, -0.15) is 0 Å². The molecule has 0 saturated carbocycles. The van der Waals surface area contributed by atoms with E-state index >= 15 is 0 Å². The number of methoxy groups -OCH3 is 1. The summed E-state index contributed by atoms with van der Waals surface area (Å²) in [4.78, 5) is 16.1. The Morgan fingerprint density at radius 1 is 1.17 bits per heavy atom. The van der Waals surface area contributed by atoms with E-state index in [1.165, 1.54) is 17.7 Å². The Hall–Kier alpha value is -2.36. The quantitative estimate of drug-likeness (QED) is 0.285. The highest BCUT2D eigenvalue weighted by molar-refractivity contribution is 14.0. The number of amides is 1. The van der Waals surface area contributed by atoms with Crippen molar-refractivity contribution in [3.8, 4) is 5.75 Å². The van der Waals surface area contributed by atoms with E-state index in [-0.39, 0.29) is 36.4 Å². The summed E-state index contributed by atoms with van der Waals surface area (Å²) in [6, 6.07) is 13.8. The van der Waals surface area contributed by atoms with Crippen LogP contribution in [0.1, 0.15) is 24.8 Å². The van der Waals surface area contributed by atoms with Gasteiger partial charge in [0.25, 0.3) is 0 Å². The zero-order valence-electron chi connectivity index (χ0n) is 16.9. The molecule has 0 aliphatic heterocycles. The van der Waals surface area contributed by atoms with Gasteiger partial charge >= 0.3 is 0 Å². The van der Waals surface area contributed by atoms with Crippen LogP contribution in [0.3, 0.4) is 0 Å². The topological polar surface area (TPSA) is 74.8 Å². The maximum atomic E-state index is 13.1. The van der Waals surface area contributed by atoms with E-state index in [4.69, 9.17) is 4.74 Å². The highest BCUT2D eigenvalue weighted by atomic mass is 127. The van der Waals surface area contributed by atoms with Crippen molar-refractivity contribution >= 4 is 41.5 Å². The summed E-state index contributed by atoms with van der Waals surface area (Å²) in [5.74, 6) is 1.08. The van der Waals surface area contributed by atoms with Gasteiger partial charge in [0.2, 0.25) is 5.91 Å². The van der Waals surface area contributed by atoms with Crippen LogP contribution in [0.4, 0.5) is 10.1 Å². The zero-order valence-corrected chi connectivity index (χ0v) is 19.2. The number of hydrogen-bond donors (Lipinski definition) is 3. The Balaban J connectivity index is 0.00000420. The van der Waals surface area contributed by atoms with Crippen molar-refractivity contribution in [3.63, 3.8) is 0 Å². The summed E-state index contributed by atoms with van der Waals surface area (Å²) in [5.41, 5.74) is 1.66. The molecule has 0 spiro atoms. The first kappa shape index (κ1) is 24.7. The first-order chi connectivity index (χ1) is 13.5. The van der Waals surface area contributed by atoms with Crippen LogP contribution in [0.15, 0.2) is 53.5 Å². The van der Waals surface area contributed by atoms with E-state index in [1.807, 2.05) is 12.1 Å². The van der Waals surface area contributed by atoms with Crippen LogP contribution in [-0.4, -0.2) is 39.1 Å². The molecule has 29 heavy (non-hydrogen) atoms. The van der Waals surface area contributed by atoms with Gasteiger partial charge < -0.3 is 20.7 Å². The third kappa shape index (κ3) is 8.68. The second-order valence-electron chi connectivity index (χ2n) is 6.37. The molecule has 0 radical (unpaired) electrons. The standard InChI is InChI=1S/C21H27FN4O2.HI/c1-15(16-7-9-19(28-3)10-8-16)11-12-24-21(23-2)25-14-20(27)26-18-6-4-5-17(22)13-18;/h4-10,13,15H,11-12,14H2,1-3H3,(H,26,27)(H2,23,24,25);1H. The fourth-order valence-corrected chi connectivity index (χ4v) is 2.66. The zero-order chi connectivity index (χ0) is 20.4. The van der Waals surface area contributed by atoms with Crippen molar-refractivity contribution in [1.82, 2.24) is 10.6 Å². The fourth-order valence-electron chi connectivity index (χ4n) is 2.66. The van der Waals surface area contributed by atoms with Gasteiger partial charge in [0.05, 0.1) is 13.7 Å². The van der Waals surface area contributed by atoms with E-state index in [2.05, 4.69) is 40.0 Å². The maximum absolute atomic E-state index is 13.1. The highest BCUT2D eigenvalue weighted by Gasteiger charge is 2.08. The van der Waals surface area contributed by atoms with E-state index < -0.39 is 5.82 Å². The summed E-state index contributed by atoms with van der Waals surface area (Å²) in [7, 11) is 3.30. The molecule has 158 valence electrons. The van der Waals surface area contributed by atoms with Crippen LogP contribution in [0.25, 0.3) is 0 Å². The second-order valence-corrected chi connectivity index (χ2v) is 6.37. The lowest BCUT2D eigenvalue weighted by Gasteiger charge is -2.15. The van der Waals surface area contributed by atoms with Gasteiger partial charge in [-0.1, -0.05) is 25.1 Å². The van der Waals surface area contributed by atoms with Gasteiger partial charge in [-0.05, 0) is 48.2 Å². The lowest BCUT2D eigenvalue weighted by atomic mass is 9.98. The lowest BCUT2D eigenvalue weighted by Crippen LogP contribution is -2.41. The minimum Gasteiger partial charge on any atom is -0.497 e. The number of nitrogens with zero attached hydrogens (tertiary/aromatic N) is 1. The monoisotopic (exact) mass is 514 g/mol. The van der Waals surface area contributed by atoms with Crippen LogP contribution in [0, 0.1) is 5.82 Å². The van der Waals surface area contributed by atoms with Crippen molar-refractivity contribution in [3.05, 3.63) is 59.9 Å². The van der Waals surface area contributed by atoms with Gasteiger partial charge in [0.1, 0.15) is 11.6 Å². The minimum atomic E-state index is -0.394. The number of benzene rings is 2. The molecule has 0 bridgehead atoms. The van der Waals surface area contributed by atoms with Crippen LogP contribution >= 0.6 is 24.0 Å². The highest BCUT2D eigenvalue weighted by Crippen LogP contribution is 2.21. The lowest BCUT2D eigenvalue weighted by molar-refractivity contribution is -0.115. The normalized spacial score (nSPS) is 11.8. The van der Waals surface area contributed by atoms with E-state index in [1.54, 1.807) is 26.3 Å². The van der Waals surface area contributed by atoms with E-state index in [0.29, 0.717) is 24.1 Å². The average Bonchev–Trinajstić information content (AvgIpc) is 2.70. The summed E-state index contributed by atoms with van der Waals surface area (Å²) in [6.45, 7) is 2.90. The third-order valence-corrected chi connectivity index (χ3v) is 4.30. The SMILES string of the molecule is CN=C(NCCC(C)c1ccc(OC)cc1)NCC(=O)Nc1cccc(F)c1.I. The molecule has 0 fully saturated rings. The first-order valence-electron chi connectivity index (χ1n) is 9.15. The average molecular weight is 514 g/mol. The Morgan fingerprint density at radius 2 is 1.90 bits per heavy atom. The molecule has 2 aromatic rings. The number of aliphatic imine (C=N–C) groups is 1. The predicted octanol–water partition coefficient (Wildman–Crippen LogP) is 3.75. The van der Waals surface area contributed by atoms with E-state index in [9.17, 15) is 9.18 Å². The number of guanidine groups is 1. The Morgan fingerprint density at radius 3 is 2.52 bits per heavy atom. The number of hydrogen-bond acceptors (Lipinski definition) is 3. The van der Waals surface area contributed by atoms with Gasteiger partial charge in [-0.3, -0.25) is 9.79 Å². The number of carbonyl (C=O) groups is 1. The van der Waals surface area contributed by atoms with Crippen LogP contribution in [0.5, 0.6) is 5.75 Å². The fraction of sp³-hybridized carbons (Fsp3) is 0.333. The second kappa shape index (κ2) is 13.0. The molecule has 2 rings (SSSR count).